The third kappa shape index (κ3) is 6.76. The van der Waals surface area contributed by atoms with Crippen molar-refractivity contribution in [2.24, 2.45) is 0 Å². The quantitative estimate of drug-likeness (QED) is 0.632. The third-order valence-electron chi connectivity index (χ3n) is 3.88. The summed E-state index contributed by atoms with van der Waals surface area (Å²) in [4.78, 5) is 25.4. The molecule has 2 rings (SSSR count). The molecule has 0 radical (unpaired) electrons. The van der Waals surface area contributed by atoms with E-state index >= 15 is 0 Å². The first kappa shape index (κ1) is 23.2. The van der Waals surface area contributed by atoms with Gasteiger partial charge >= 0.3 is 12.0 Å². The van der Waals surface area contributed by atoms with Crippen molar-refractivity contribution in [1.82, 2.24) is 19.9 Å². The largest absolute Gasteiger partial charge is 0.488 e. The van der Waals surface area contributed by atoms with Gasteiger partial charge in [-0.2, -0.15) is 8.78 Å². The number of anilines is 3. The highest BCUT2D eigenvalue weighted by molar-refractivity contribution is 5.84. The Balaban J connectivity index is 2.38. The van der Waals surface area contributed by atoms with Gasteiger partial charge in [-0.25, -0.2) is 19.7 Å². The van der Waals surface area contributed by atoms with Crippen molar-refractivity contribution < 1.29 is 23.0 Å². The van der Waals surface area contributed by atoms with E-state index in [2.05, 4.69) is 30.3 Å². The van der Waals surface area contributed by atoms with E-state index in [4.69, 9.17) is 4.74 Å². The Morgan fingerprint density at radius 3 is 2.57 bits per heavy atom. The maximum absolute atomic E-state index is 13.8. The normalized spacial score (nSPS) is 11.3. The van der Waals surface area contributed by atoms with Crippen molar-refractivity contribution in [3.8, 4) is 5.75 Å². The van der Waals surface area contributed by atoms with Crippen LogP contribution in [0.4, 0.5) is 30.9 Å². The summed E-state index contributed by atoms with van der Waals surface area (Å²) >= 11 is 0. The molecule has 164 valence electrons. The summed E-state index contributed by atoms with van der Waals surface area (Å²) in [6.45, 7) is 3.58. The van der Waals surface area contributed by atoms with Gasteiger partial charge in [0.2, 0.25) is 5.82 Å². The van der Waals surface area contributed by atoms with Crippen LogP contribution in [-0.4, -0.2) is 60.3 Å². The van der Waals surface area contributed by atoms with Crippen molar-refractivity contribution in [3.05, 3.63) is 29.8 Å². The lowest BCUT2D eigenvalue weighted by molar-refractivity contribution is 0.00762. The minimum Gasteiger partial charge on any atom is -0.488 e. The van der Waals surface area contributed by atoms with E-state index < -0.39 is 17.8 Å². The summed E-state index contributed by atoms with van der Waals surface area (Å²) in [5, 5.41) is 5.42. The number of carbonyl (C=O) groups excluding carboxylic acids is 1. The van der Waals surface area contributed by atoms with Gasteiger partial charge in [0.25, 0.3) is 0 Å². The van der Waals surface area contributed by atoms with E-state index in [1.165, 1.54) is 19.4 Å². The molecule has 0 unspecified atom stereocenters. The Kier molecular flexibility index (Phi) is 7.81. The minimum atomic E-state index is -3.19. The smallest absolute Gasteiger partial charge is 0.412 e. The van der Waals surface area contributed by atoms with Crippen molar-refractivity contribution in [1.29, 1.82) is 0 Å². The molecule has 0 bridgehead atoms. The van der Waals surface area contributed by atoms with Crippen molar-refractivity contribution in [3.63, 3.8) is 0 Å². The van der Waals surface area contributed by atoms with E-state index in [1.54, 1.807) is 6.07 Å². The monoisotopic (exact) mass is 424 g/mol. The van der Waals surface area contributed by atoms with E-state index in [1.807, 2.05) is 25.9 Å². The lowest BCUT2D eigenvalue weighted by Gasteiger charge is -2.17. The number of aromatic nitrogens is 3. The number of hydrogen-bond donors (Lipinski definition) is 2. The number of likely N-dealkylation sites (N-methyl/N-ethyl adjacent to an activating group) is 1. The fraction of sp³-hybridized carbons (Fsp3) is 0.474. The van der Waals surface area contributed by atoms with Gasteiger partial charge < -0.3 is 19.7 Å². The Hall–Kier alpha value is -3.08. The molecule has 9 nitrogen and oxygen atoms in total. The zero-order valence-electron chi connectivity index (χ0n) is 17.6. The van der Waals surface area contributed by atoms with Crippen LogP contribution in [0.15, 0.2) is 18.3 Å². The molecule has 2 heterocycles. The predicted molar refractivity (Wildman–Crippen MR) is 109 cm³/mol. The highest BCUT2D eigenvalue weighted by Crippen LogP contribution is 2.31. The number of methoxy groups -OCH3 is 1. The summed E-state index contributed by atoms with van der Waals surface area (Å²) in [6.07, 6.45) is 1.18. The molecule has 0 aliphatic carbocycles. The standard InChI is InChI=1S/C19H26F2N6O3/c1-6-12-9-16(25-17(23-12)19(2,20)21)24-13-10-15(26-18(28)29-5)22-11-14(13)30-8-7-27(3)4/h9-11H,6-8H2,1-5H3,(H2,22,23,24,25,26,28). The summed E-state index contributed by atoms with van der Waals surface area (Å²) in [6, 6.07) is 3.08. The number of amides is 1. The van der Waals surface area contributed by atoms with Crippen LogP contribution in [0, 0.1) is 0 Å². The summed E-state index contributed by atoms with van der Waals surface area (Å²) < 4.78 is 37.9. The number of alkyl halides is 2. The van der Waals surface area contributed by atoms with E-state index in [0.29, 0.717) is 36.7 Å². The predicted octanol–water partition coefficient (Wildman–Crippen LogP) is 3.41. The second-order valence-electron chi connectivity index (χ2n) is 6.77. The molecular weight excluding hydrogens is 398 g/mol. The second-order valence-corrected chi connectivity index (χ2v) is 6.77. The molecule has 0 saturated carbocycles. The third-order valence-corrected chi connectivity index (χ3v) is 3.88. The Morgan fingerprint density at radius 1 is 1.23 bits per heavy atom. The number of carbonyl (C=O) groups is 1. The van der Waals surface area contributed by atoms with Crippen LogP contribution >= 0.6 is 0 Å². The van der Waals surface area contributed by atoms with Gasteiger partial charge in [0.1, 0.15) is 18.2 Å². The van der Waals surface area contributed by atoms with Crippen LogP contribution in [0.1, 0.15) is 25.4 Å². The van der Waals surface area contributed by atoms with Gasteiger partial charge in [-0.1, -0.05) is 6.92 Å². The van der Waals surface area contributed by atoms with E-state index in [0.717, 1.165) is 6.92 Å². The molecule has 30 heavy (non-hydrogen) atoms. The minimum absolute atomic E-state index is 0.172. The van der Waals surface area contributed by atoms with Crippen LogP contribution in [0.5, 0.6) is 5.75 Å². The number of nitrogens with one attached hydrogen (secondary N) is 2. The van der Waals surface area contributed by atoms with E-state index in [9.17, 15) is 13.6 Å². The Bertz CT molecular complexity index is 874. The molecule has 2 aromatic heterocycles. The SMILES string of the molecule is CCc1cc(Nc2cc(NC(=O)OC)ncc2OCCN(C)C)nc(C(C)(F)F)n1. The fourth-order valence-corrected chi connectivity index (χ4v) is 2.29. The first-order valence-corrected chi connectivity index (χ1v) is 9.28. The number of ether oxygens (including phenoxy) is 2. The molecular formula is C19H26F2N6O3. The maximum atomic E-state index is 13.8. The molecule has 0 aromatic carbocycles. The fourth-order valence-electron chi connectivity index (χ4n) is 2.29. The van der Waals surface area contributed by atoms with Crippen molar-refractivity contribution >= 4 is 23.4 Å². The first-order valence-electron chi connectivity index (χ1n) is 9.28. The van der Waals surface area contributed by atoms with Crippen LogP contribution < -0.4 is 15.4 Å². The zero-order chi connectivity index (χ0) is 22.3. The Labute approximate surface area is 173 Å². The van der Waals surface area contributed by atoms with Crippen LogP contribution in [0.25, 0.3) is 0 Å². The Morgan fingerprint density at radius 2 is 1.97 bits per heavy atom. The van der Waals surface area contributed by atoms with Gasteiger partial charge in [0.15, 0.2) is 5.75 Å². The van der Waals surface area contributed by atoms with E-state index in [-0.39, 0.29) is 11.6 Å². The average Bonchev–Trinajstić information content (AvgIpc) is 2.68. The number of aryl methyl sites for hydroxylation is 1. The van der Waals surface area contributed by atoms with Gasteiger partial charge in [-0.3, -0.25) is 5.32 Å². The average molecular weight is 424 g/mol. The second kappa shape index (κ2) is 10.1. The molecule has 0 saturated heterocycles. The lowest BCUT2D eigenvalue weighted by Crippen LogP contribution is -2.20. The summed E-state index contributed by atoms with van der Waals surface area (Å²) in [5.41, 5.74) is 0.849. The highest BCUT2D eigenvalue weighted by Gasteiger charge is 2.29. The number of nitrogens with zero attached hydrogens (tertiary/aromatic N) is 4. The number of pyridine rings is 1. The van der Waals surface area contributed by atoms with Gasteiger partial charge in [0.05, 0.1) is 19.0 Å². The molecule has 11 heteroatoms. The molecule has 2 aromatic rings. The van der Waals surface area contributed by atoms with Crippen molar-refractivity contribution in [2.45, 2.75) is 26.2 Å². The number of hydrogen-bond acceptors (Lipinski definition) is 8. The lowest BCUT2D eigenvalue weighted by atomic mass is 10.2. The molecule has 0 atom stereocenters. The highest BCUT2D eigenvalue weighted by atomic mass is 19.3. The molecule has 0 fully saturated rings. The van der Waals surface area contributed by atoms with Gasteiger partial charge in [0, 0.05) is 31.3 Å². The van der Waals surface area contributed by atoms with Crippen LogP contribution in [-0.2, 0) is 17.1 Å². The van der Waals surface area contributed by atoms with Crippen molar-refractivity contribution in [2.75, 3.05) is 45.0 Å². The summed E-state index contributed by atoms with van der Waals surface area (Å²) in [5.74, 6) is -3.04. The first-order chi connectivity index (χ1) is 14.1. The number of halogens is 2. The summed E-state index contributed by atoms with van der Waals surface area (Å²) in [7, 11) is 5.04. The van der Waals surface area contributed by atoms with Crippen LogP contribution in [0.2, 0.25) is 0 Å². The van der Waals surface area contributed by atoms with Crippen LogP contribution in [0.3, 0.4) is 0 Å². The molecule has 0 spiro atoms. The molecule has 0 aliphatic rings. The molecule has 2 N–H and O–H groups in total. The molecule has 0 aliphatic heterocycles. The number of rotatable bonds is 9. The maximum Gasteiger partial charge on any atom is 0.412 e. The van der Waals surface area contributed by atoms with Gasteiger partial charge in [-0.15, -0.1) is 0 Å². The molecule has 1 amide bonds. The zero-order valence-corrected chi connectivity index (χ0v) is 17.6. The topological polar surface area (TPSA) is 102 Å². The van der Waals surface area contributed by atoms with Gasteiger partial charge in [-0.05, 0) is 20.5 Å².